The highest BCUT2D eigenvalue weighted by Gasteiger charge is 2.13. The second-order valence-electron chi connectivity index (χ2n) is 3.31. The van der Waals surface area contributed by atoms with Gasteiger partial charge < -0.3 is 0 Å². The van der Waals surface area contributed by atoms with Crippen molar-refractivity contribution in [2.75, 3.05) is 0 Å². The summed E-state index contributed by atoms with van der Waals surface area (Å²) in [6.07, 6.45) is 0. The van der Waals surface area contributed by atoms with E-state index in [0.717, 1.165) is 24.0 Å². The Morgan fingerprint density at radius 1 is 1.39 bits per heavy atom. The number of tetrazole rings is 1. The van der Waals surface area contributed by atoms with E-state index in [1.54, 1.807) is 27.4 Å². The molecule has 0 unspecified atom stereocenters. The van der Waals surface area contributed by atoms with Crippen molar-refractivity contribution >= 4 is 50.4 Å². The lowest BCUT2D eigenvalue weighted by Crippen LogP contribution is -1.95. The molecule has 0 atom stereocenters. The summed E-state index contributed by atoms with van der Waals surface area (Å²) in [6, 6.07) is 3.95. The van der Waals surface area contributed by atoms with Crippen LogP contribution in [0.5, 0.6) is 0 Å². The third-order valence-corrected chi connectivity index (χ3v) is 5.58. The first-order valence-electron chi connectivity index (χ1n) is 4.86. The standard InChI is InChI=1S/C9H6BrN5S3/c1-5-4-16-9(11-5)18-8-12-13-14-15(8)7-3-2-6(10)17-7/h2-4H,1H3. The van der Waals surface area contributed by atoms with Gasteiger partial charge in [-0.15, -0.1) is 27.8 Å². The number of halogens is 1. The lowest BCUT2D eigenvalue weighted by molar-refractivity contribution is 0.768. The molecule has 92 valence electrons. The molecule has 0 N–H and O–H groups in total. The molecule has 3 aromatic rings. The number of rotatable bonds is 3. The highest BCUT2D eigenvalue weighted by molar-refractivity contribution is 9.11. The maximum absolute atomic E-state index is 4.39. The van der Waals surface area contributed by atoms with Crippen molar-refractivity contribution in [1.82, 2.24) is 25.2 Å². The highest BCUT2D eigenvalue weighted by Crippen LogP contribution is 2.32. The fourth-order valence-electron chi connectivity index (χ4n) is 1.26. The zero-order valence-corrected chi connectivity index (χ0v) is 13.1. The molecule has 5 nitrogen and oxygen atoms in total. The number of hydrogen-bond donors (Lipinski definition) is 0. The van der Waals surface area contributed by atoms with Gasteiger partial charge in [0.15, 0.2) is 4.34 Å². The SMILES string of the molecule is Cc1csc(Sc2nnnn2-c2ccc(Br)s2)n1. The van der Waals surface area contributed by atoms with E-state index < -0.39 is 0 Å². The van der Waals surface area contributed by atoms with E-state index in [1.807, 2.05) is 24.4 Å². The van der Waals surface area contributed by atoms with Gasteiger partial charge in [-0.25, -0.2) is 4.98 Å². The lowest BCUT2D eigenvalue weighted by atomic mass is 10.6. The lowest BCUT2D eigenvalue weighted by Gasteiger charge is -1.98. The smallest absolute Gasteiger partial charge is 0.221 e. The summed E-state index contributed by atoms with van der Waals surface area (Å²) >= 11 is 8.08. The molecule has 0 saturated carbocycles. The van der Waals surface area contributed by atoms with Gasteiger partial charge in [0.1, 0.15) is 5.00 Å². The van der Waals surface area contributed by atoms with Crippen molar-refractivity contribution in [3.8, 4) is 5.00 Å². The molecule has 18 heavy (non-hydrogen) atoms. The molecule has 0 bridgehead atoms. The first-order valence-corrected chi connectivity index (χ1v) is 8.17. The van der Waals surface area contributed by atoms with Gasteiger partial charge in [-0.3, -0.25) is 0 Å². The van der Waals surface area contributed by atoms with E-state index in [9.17, 15) is 0 Å². The quantitative estimate of drug-likeness (QED) is 0.717. The molecule has 0 saturated heterocycles. The Kier molecular flexibility index (Phi) is 3.46. The van der Waals surface area contributed by atoms with Gasteiger partial charge in [0.05, 0.1) is 3.79 Å². The van der Waals surface area contributed by atoms with Crippen LogP contribution in [0.15, 0.2) is 30.8 Å². The fraction of sp³-hybridized carbons (Fsp3) is 0.111. The summed E-state index contributed by atoms with van der Waals surface area (Å²) < 4.78 is 3.71. The number of aryl methyl sites for hydroxylation is 1. The van der Waals surface area contributed by atoms with Gasteiger partial charge in [-0.2, -0.15) is 4.68 Å². The number of thiazole rings is 1. The van der Waals surface area contributed by atoms with E-state index in [4.69, 9.17) is 0 Å². The molecule has 0 amide bonds. The van der Waals surface area contributed by atoms with Crippen LogP contribution in [-0.2, 0) is 0 Å². The van der Waals surface area contributed by atoms with Crippen LogP contribution in [0.3, 0.4) is 0 Å². The predicted octanol–water partition coefficient (Wildman–Crippen LogP) is 3.40. The van der Waals surface area contributed by atoms with Crippen molar-refractivity contribution in [2.45, 2.75) is 16.4 Å². The van der Waals surface area contributed by atoms with E-state index in [1.165, 1.54) is 11.8 Å². The van der Waals surface area contributed by atoms with Crippen LogP contribution in [-0.4, -0.2) is 25.2 Å². The molecular formula is C9H6BrN5S3. The third-order valence-electron chi connectivity index (χ3n) is 1.99. The van der Waals surface area contributed by atoms with Crippen molar-refractivity contribution in [1.29, 1.82) is 0 Å². The number of aromatic nitrogens is 5. The molecule has 0 aromatic carbocycles. The number of nitrogens with zero attached hydrogens (tertiary/aromatic N) is 5. The van der Waals surface area contributed by atoms with Gasteiger partial charge >= 0.3 is 0 Å². The molecule has 0 spiro atoms. The van der Waals surface area contributed by atoms with Crippen LogP contribution < -0.4 is 0 Å². The minimum absolute atomic E-state index is 0.721. The Morgan fingerprint density at radius 3 is 2.94 bits per heavy atom. The van der Waals surface area contributed by atoms with E-state index in [2.05, 4.69) is 36.4 Å². The van der Waals surface area contributed by atoms with Crippen LogP contribution in [0.2, 0.25) is 0 Å². The van der Waals surface area contributed by atoms with Crippen molar-refractivity contribution < 1.29 is 0 Å². The van der Waals surface area contributed by atoms with Crippen LogP contribution >= 0.6 is 50.4 Å². The summed E-state index contributed by atoms with van der Waals surface area (Å²) in [4.78, 5) is 4.39. The molecule has 0 aliphatic carbocycles. The average Bonchev–Trinajstić information content (AvgIpc) is 3.01. The first-order chi connectivity index (χ1) is 8.72. The van der Waals surface area contributed by atoms with Gasteiger partial charge in [-0.05, 0) is 57.2 Å². The molecule has 0 aliphatic heterocycles. The largest absolute Gasteiger partial charge is 0.235 e. The first kappa shape index (κ1) is 12.3. The zero-order valence-electron chi connectivity index (χ0n) is 9.07. The van der Waals surface area contributed by atoms with Gasteiger partial charge in [0, 0.05) is 11.1 Å². The average molecular weight is 360 g/mol. The van der Waals surface area contributed by atoms with E-state index >= 15 is 0 Å². The predicted molar refractivity (Wildman–Crippen MR) is 75.7 cm³/mol. The van der Waals surface area contributed by atoms with Crippen LogP contribution in [0, 0.1) is 6.92 Å². The summed E-state index contributed by atoms with van der Waals surface area (Å²) in [6.45, 7) is 1.97. The molecular weight excluding hydrogens is 354 g/mol. The van der Waals surface area contributed by atoms with Crippen LogP contribution in [0.4, 0.5) is 0 Å². The maximum Gasteiger partial charge on any atom is 0.221 e. The maximum atomic E-state index is 4.39. The van der Waals surface area contributed by atoms with Gasteiger partial charge in [0.2, 0.25) is 5.16 Å². The summed E-state index contributed by atoms with van der Waals surface area (Å²) in [5, 5.41) is 15.5. The minimum atomic E-state index is 0.721. The minimum Gasteiger partial charge on any atom is -0.235 e. The fourth-order valence-corrected chi connectivity index (χ4v) is 4.35. The Hall–Kier alpha value is -0.770. The summed E-state index contributed by atoms with van der Waals surface area (Å²) in [5.74, 6) is 0. The normalized spacial score (nSPS) is 11.0. The van der Waals surface area contributed by atoms with E-state index in [-0.39, 0.29) is 0 Å². The number of hydrogen-bond acceptors (Lipinski definition) is 7. The molecule has 3 rings (SSSR count). The summed E-state index contributed by atoms with van der Waals surface area (Å²) in [5.41, 5.74) is 1.01. The monoisotopic (exact) mass is 359 g/mol. The molecule has 9 heteroatoms. The third kappa shape index (κ3) is 2.48. The molecule has 0 radical (unpaired) electrons. The van der Waals surface area contributed by atoms with Crippen molar-refractivity contribution in [3.05, 3.63) is 27.0 Å². The molecule has 3 heterocycles. The Morgan fingerprint density at radius 2 is 2.28 bits per heavy atom. The second-order valence-corrected chi connectivity index (χ2v) is 7.82. The zero-order chi connectivity index (χ0) is 12.5. The molecule has 0 aliphatic rings. The van der Waals surface area contributed by atoms with Crippen LogP contribution in [0.25, 0.3) is 5.00 Å². The summed E-state index contributed by atoms with van der Waals surface area (Å²) in [7, 11) is 0. The molecule has 0 fully saturated rings. The second kappa shape index (κ2) is 5.08. The Balaban J connectivity index is 1.92. The molecule has 3 aromatic heterocycles. The Labute approximate surface area is 123 Å². The van der Waals surface area contributed by atoms with E-state index in [0.29, 0.717) is 0 Å². The highest BCUT2D eigenvalue weighted by atomic mass is 79.9. The Bertz CT molecular complexity index is 673. The topological polar surface area (TPSA) is 56.5 Å². The van der Waals surface area contributed by atoms with Crippen LogP contribution in [0.1, 0.15) is 5.69 Å². The van der Waals surface area contributed by atoms with Gasteiger partial charge in [0.25, 0.3) is 0 Å². The number of thiophene rings is 1. The van der Waals surface area contributed by atoms with Crippen molar-refractivity contribution in [2.24, 2.45) is 0 Å². The van der Waals surface area contributed by atoms with Gasteiger partial charge in [-0.1, -0.05) is 0 Å². The van der Waals surface area contributed by atoms with Crippen molar-refractivity contribution in [3.63, 3.8) is 0 Å².